The summed E-state index contributed by atoms with van der Waals surface area (Å²) in [7, 11) is 5.04. The van der Waals surface area contributed by atoms with E-state index in [4.69, 9.17) is 14.6 Å². The SMILES string of the molecule is COCc1cc(CN(C)[C@@H](C)C(=O)O)ccc1OC. The van der Waals surface area contributed by atoms with Gasteiger partial charge >= 0.3 is 5.97 Å². The molecule has 5 nitrogen and oxygen atoms in total. The fraction of sp³-hybridized carbons (Fsp3) is 0.500. The monoisotopic (exact) mass is 267 g/mol. The van der Waals surface area contributed by atoms with Gasteiger partial charge in [-0.1, -0.05) is 6.07 Å². The highest BCUT2D eigenvalue weighted by atomic mass is 16.5. The van der Waals surface area contributed by atoms with Crippen molar-refractivity contribution in [1.82, 2.24) is 4.90 Å². The molecule has 0 saturated heterocycles. The number of carbonyl (C=O) groups is 1. The minimum atomic E-state index is -0.826. The number of carboxylic acid groups (broad SMARTS) is 1. The highest BCUT2D eigenvalue weighted by Gasteiger charge is 2.17. The molecule has 1 rings (SSSR count). The van der Waals surface area contributed by atoms with E-state index in [9.17, 15) is 4.79 Å². The largest absolute Gasteiger partial charge is 0.496 e. The molecule has 0 bridgehead atoms. The molecule has 0 spiro atoms. The number of hydrogen-bond acceptors (Lipinski definition) is 4. The number of carboxylic acids is 1. The van der Waals surface area contributed by atoms with Gasteiger partial charge in [-0.15, -0.1) is 0 Å². The van der Waals surface area contributed by atoms with E-state index in [1.807, 2.05) is 18.2 Å². The number of nitrogens with zero attached hydrogens (tertiary/aromatic N) is 1. The van der Waals surface area contributed by atoms with Crippen molar-refractivity contribution < 1.29 is 19.4 Å². The van der Waals surface area contributed by atoms with E-state index in [0.717, 1.165) is 16.9 Å². The maximum Gasteiger partial charge on any atom is 0.320 e. The number of likely N-dealkylation sites (N-methyl/N-ethyl adjacent to an activating group) is 1. The van der Waals surface area contributed by atoms with E-state index in [-0.39, 0.29) is 0 Å². The molecule has 19 heavy (non-hydrogen) atoms. The lowest BCUT2D eigenvalue weighted by molar-refractivity contribution is -0.142. The van der Waals surface area contributed by atoms with Crippen LogP contribution in [0.4, 0.5) is 0 Å². The predicted molar refractivity (Wildman–Crippen MR) is 72.3 cm³/mol. The van der Waals surface area contributed by atoms with Crippen LogP contribution in [0.1, 0.15) is 18.1 Å². The van der Waals surface area contributed by atoms with Crippen LogP contribution in [0.5, 0.6) is 5.75 Å². The van der Waals surface area contributed by atoms with Gasteiger partial charge in [-0.05, 0) is 31.7 Å². The first-order valence-electron chi connectivity index (χ1n) is 6.07. The predicted octanol–water partition coefficient (Wildman–Crippen LogP) is 1.75. The Bertz CT molecular complexity index is 433. The molecule has 1 N–H and O–H groups in total. The second-order valence-corrected chi connectivity index (χ2v) is 4.51. The molecule has 1 aromatic rings. The Morgan fingerprint density at radius 3 is 2.63 bits per heavy atom. The zero-order valence-corrected chi connectivity index (χ0v) is 11.8. The van der Waals surface area contributed by atoms with E-state index >= 15 is 0 Å². The van der Waals surface area contributed by atoms with Crippen LogP contribution in [0, 0.1) is 0 Å². The lowest BCUT2D eigenvalue weighted by Crippen LogP contribution is -2.35. The van der Waals surface area contributed by atoms with Gasteiger partial charge in [0.25, 0.3) is 0 Å². The molecular formula is C14H21NO4. The van der Waals surface area contributed by atoms with Crippen molar-refractivity contribution >= 4 is 5.97 Å². The molecule has 106 valence electrons. The maximum atomic E-state index is 10.9. The highest BCUT2D eigenvalue weighted by molar-refractivity contribution is 5.72. The van der Waals surface area contributed by atoms with Gasteiger partial charge in [0, 0.05) is 19.2 Å². The third-order valence-corrected chi connectivity index (χ3v) is 3.10. The zero-order valence-electron chi connectivity index (χ0n) is 11.8. The molecule has 0 saturated carbocycles. The Kier molecular flexibility index (Phi) is 5.79. The maximum absolute atomic E-state index is 10.9. The van der Waals surface area contributed by atoms with Crippen molar-refractivity contribution in [2.75, 3.05) is 21.3 Å². The summed E-state index contributed by atoms with van der Waals surface area (Å²) in [6.45, 7) is 2.70. The van der Waals surface area contributed by atoms with Gasteiger partial charge in [-0.3, -0.25) is 9.69 Å². The van der Waals surface area contributed by atoms with Gasteiger partial charge in [0.1, 0.15) is 11.8 Å². The molecule has 0 radical (unpaired) electrons. The van der Waals surface area contributed by atoms with Crippen LogP contribution >= 0.6 is 0 Å². The summed E-state index contributed by atoms with van der Waals surface area (Å²) >= 11 is 0. The number of ether oxygens (including phenoxy) is 2. The lowest BCUT2D eigenvalue weighted by atomic mass is 10.1. The Balaban J connectivity index is 2.84. The van der Waals surface area contributed by atoms with Crippen molar-refractivity contribution in [3.05, 3.63) is 29.3 Å². The fourth-order valence-electron chi connectivity index (χ4n) is 1.81. The molecule has 0 aromatic heterocycles. The van der Waals surface area contributed by atoms with Crippen LogP contribution in [0.2, 0.25) is 0 Å². The van der Waals surface area contributed by atoms with Crippen LogP contribution in [-0.4, -0.2) is 43.3 Å². The van der Waals surface area contributed by atoms with Crippen molar-refractivity contribution in [2.45, 2.75) is 26.1 Å². The number of hydrogen-bond donors (Lipinski definition) is 1. The summed E-state index contributed by atoms with van der Waals surface area (Å²) in [5.74, 6) is -0.0485. The number of aliphatic carboxylic acids is 1. The van der Waals surface area contributed by atoms with Gasteiger partial charge in [-0.2, -0.15) is 0 Å². The topological polar surface area (TPSA) is 59.0 Å². The minimum Gasteiger partial charge on any atom is -0.496 e. The summed E-state index contributed by atoms with van der Waals surface area (Å²) in [4.78, 5) is 12.7. The molecule has 0 aliphatic rings. The van der Waals surface area contributed by atoms with E-state index in [0.29, 0.717) is 13.2 Å². The summed E-state index contributed by atoms with van der Waals surface area (Å²) in [5, 5.41) is 8.97. The smallest absolute Gasteiger partial charge is 0.320 e. The van der Waals surface area contributed by atoms with Gasteiger partial charge in [0.15, 0.2) is 0 Å². The molecule has 0 aliphatic heterocycles. The second kappa shape index (κ2) is 7.11. The van der Waals surface area contributed by atoms with Crippen LogP contribution in [-0.2, 0) is 22.7 Å². The fourth-order valence-corrected chi connectivity index (χ4v) is 1.81. The first-order chi connectivity index (χ1) is 8.99. The highest BCUT2D eigenvalue weighted by Crippen LogP contribution is 2.21. The van der Waals surface area contributed by atoms with E-state index in [1.165, 1.54) is 0 Å². The van der Waals surface area contributed by atoms with Crippen LogP contribution in [0.15, 0.2) is 18.2 Å². The van der Waals surface area contributed by atoms with Crippen LogP contribution in [0.3, 0.4) is 0 Å². The number of benzene rings is 1. The van der Waals surface area contributed by atoms with E-state index in [2.05, 4.69) is 0 Å². The normalized spacial score (nSPS) is 12.5. The molecule has 0 heterocycles. The number of rotatable bonds is 7. The van der Waals surface area contributed by atoms with Crippen molar-refractivity contribution in [2.24, 2.45) is 0 Å². The molecule has 5 heteroatoms. The van der Waals surface area contributed by atoms with E-state index < -0.39 is 12.0 Å². The van der Waals surface area contributed by atoms with Gasteiger partial charge in [0.05, 0.1) is 13.7 Å². The summed E-state index contributed by atoms with van der Waals surface area (Å²) in [6, 6.07) is 5.27. The molecule has 0 aliphatic carbocycles. The second-order valence-electron chi connectivity index (χ2n) is 4.51. The average Bonchev–Trinajstić information content (AvgIpc) is 2.38. The zero-order chi connectivity index (χ0) is 14.4. The average molecular weight is 267 g/mol. The Morgan fingerprint density at radius 2 is 2.11 bits per heavy atom. The summed E-state index contributed by atoms with van der Waals surface area (Å²) in [6.07, 6.45) is 0. The molecule has 1 atom stereocenters. The first-order valence-corrected chi connectivity index (χ1v) is 6.07. The number of methoxy groups -OCH3 is 2. The molecule has 0 amide bonds. The third kappa shape index (κ3) is 4.22. The van der Waals surface area contributed by atoms with Crippen molar-refractivity contribution in [3.8, 4) is 5.75 Å². The van der Waals surface area contributed by atoms with Gasteiger partial charge in [-0.25, -0.2) is 0 Å². The lowest BCUT2D eigenvalue weighted by Gasteiger charge is -2.21. The Morgan fingerprint density at radius 1 is 1.42 bits per heavy atom. The minimum absolute atomic E-state index is 0.467. The van der Waals surface area contributed by atoms with E-state index in [1.54, 1.807) is 33.1 Å². The summed E-state index contributed by atoms with van der Waals surface area (Å²) < 4.78 is 10.4. The Hall–Kier alpha value is -1.59. The first kappa shape index (κ1) is 15.5. The Labute approximate surface area is 113 Å². The molecular weight excluding hydrogens is 246 g/mol. The quantitative estimate of drug-likeness (QED) is 0.815. The molecule has 0 fully saturated rings. The van der Waals surface area contributed by atoms with Crippen LogP contribution < -0.4 is 4.74 Å². The van der Waals surface area contributed by atoms with Gasteiger partial charge in [0.2, 0.25) is 0 Å². The van der Waals surface area contributed by atoms with Crippen LogP contribution in [0.25, 0.3) is 0 Å². The third-order valence-electron chi connectivity index (χ3n) is 3.10. The summed E-state index contributed by atoms with van der Waals surface area (Å²) in [5.41, 5.74) is 1.99. The van der Waals surface area contributed by atoms with Crippen molar-refractivity contribution in [1.29, 1.82) is 0 Å². The molecule has 1 aromatic carbocycles. The molecule has 0 unspecified atom stereocenters. The van der Waals surface area contributed by atoms with Crippen molar-refractivity contribution in [3.63, 3.8) is 0 Å². The van der Waals surface area contributed by atoms with Gasteiger partial charge < -0.3 is 14.6 Å². The standard InChI is InChI=1S/C14H21NO4/c1-10(14(16)17)15(2)8-11-5-6-13(19-4)12(7-11)9-18-3/h5-7,10H,8-9H2,1-4H3,(H,16,17)/t10-/m0/s1.